The molecule has 108 valence electrons. The molecule has 1 aromatic carbocycles. The van der Waals surface area contributed by atoms with Crippen molar-refractivity contribution in [1.29, 1.82) is 0 Å². The zero-order chi connectivity index (χ0) is 14.5. The Labute approximate surface area is 127 Å². The molecule has 5 heteroatoms. The first kappa shape index (κ1) is 15.1. The number of hydrogen-bond donors (Lipinski definition) is 1. The van der Waals surface area contributed by atoms with Crippen molar-refractivity contribution in [3.63, 3.8) is 0 Å². The minimum atomic E-state index is 0.0305. The van der Waals surface area contributed by atoms with Crippen LogP contribution in [0, 0.1) is 5.92 Å². The van der Waals surface area contributed by atoms with Crippen LogP contribution in [0.15, 0.2) is 28.7 Å². The van der Waals surface area contributed by atoms with Gasteiger partial charge in [-0.1, -0.05) is 15.9 Å². The molecule has 1 aliphatic rings. The average molecular weight is 339 g/mol. The molecule has 0 bridgehead atoms. The molecule has 20 heavy (non-hydrogen) atoms. The lowest BCUT2D eigenvalue weighted by atomic mass is 10.1. The lowest BCUT2D eigenvalue weighted by Gasteiger charge is -2.13. The first-order valence-corrected chi connectivity index (χ1v) is 7.44. The van der Waals surface area contributed by atoms with Gasteiger partial charge in [-0.05, 0) is 43.2 Å². The van der Waals surface area contributed by atoms with Gasteiger partial charge in [0.05, 0.1) is 7.11 Å². The van der Waals surface area contributed by atoms with Crippen LogP contribution in [0.5, 0.6) is 5.75 Å². The third-order valence-electron chi connectivity index (χ3n) is 3.53. The minimum Gasteiger partial charge on any atom is -0.496 e. The van der Waals surface area contributed by atoms with Crippen molar-refractivity contribution in [2.75, 3.05) is 26.7 Å². The molecule has 1 saturated heterocycles. The van der Waals surface area contributed by atoms with Gasteiger partial charge in [0, 0.05) is 29.2 Å². The van der Waals surface area contributed by atoms with E-state index in [1.807, 2.05) is 23.1 Å². The summed E-state index contributed by atoms with van der Waals surface area (Å²) in [6.07, 6.45) is 4.39. The Hall–Kier alpha value is -1.33. The molecule has 1 unspecified atom stereocenters. The third kappa shape index (κ3) is 3.61. The summed E-state index contributed by atoms with van der Waals surface area (Å²) in [6, 6.07) is 5.70. The lowest BCUT2D eigenvalue weighted by molar-refractivity contribution is -0.125. The monoisotopic (exact) mass is 338 g/mol. The zero-order valence-electron chi connectivity index (χ0n) is 11.5. The first-order valence-electron chi connectivity index (χ1n) is 6.64. The molecule has 0 aliphatic carbocycles. The van der Waals surface area contributed by atoms with Gasteiger partial charge in [0.2, 0.25) is 5.91 Å². The van der Waals surface area contributed by atoms with Crippen LogP contribution in [-0.2, 0) is 4.79 Å². The predicted molar refractivity (Wildman–Crippen MR) is 83.5 cm³/mol. The van der Waals surface area contributed by atoms with Crippen LogP contribution in [0.2, 0.25) is 0 Å². The summed E-state index contributed by atoms with van der Waals surface area (Å²) in [7, 11) is 1.62. The summed E-state index contributed by atoms with van der Waals surface area (Å²) in [5.41, 5.74) is 6.52. The van der Waals surface area contributed by atoms with Gasteiger partial charge < -0.3 is 15.4 Å². The van der Waals surface area contributed by atoms with E-state index in [4.69, 9.17) is 10.5 Å². The second-order valence-electron chi connectivity index (χ2n) is 4.89. The Morgan fingerprint density at radius 3 is 3.05 bits per heavy atom. The second-order valence-corrected chi connectivity index (χ2v) is 5.81. The van der Waals surface area contributed by atoms with Crippen LogP contribution in [0.25, 0.3) is 6.08 Å². The van der Waals surface area contributed by atoms with Gasteiger partial charge in [-0.15, -0.1) is 0 Å². The van der Waals surface area contributed by atoms with Crippen LogP contribution in [0.3, 0.4) is 0 Å². The van der Waals surface area contributed by atoms with Crippen molar-refractivity contribution in [3.8, 4) is 5.75 Å². The Bertz CT molecular complexity index is 517. The number of nitrogens with two attached hydrogens (primary N) is 1. The van der Waals surface area contributed by atoms with Crippen molar-refractivity contribution in [3.05, 3.63) is 34.3 Å². The number of carbonyl (C=O) groups is 1. The van der Waals surface area contributed by atoms with Crippen molar-refractivity contribution < 1.29 is 9.53 Å². The number of nitrogens with zero attached hydrogens (tertiary/aromatic N) is 1. The fraction of sp³-hybridized carbons (Fsp3) is 0.400. The molecule has 0 aromatic heterocycles. The standard InChI is InChI=1S/C15H19BrN2O2/c1-20-14-4-3-13(16)8-12(14)2-5-15(19)18-7-6-11(9-17)10-18/h2-5,8,11H,6-7,9-10,17H2,1H3/b5-2+. The van der Waals surface area contributed by atoms with Crippen LogP contribution < -0.4 is 10.5 Å². The number of carbonyl (C=O) groups excluding carboxylic acids is 1. The van der Waals surface area contributed by atoms with Gasteiger partial charge in [0.1, 0.15) is 5.75 Å². The van der Waals surface area contributed by atoms with Gasteiger partial charge >= 0.3 is 0 Å². The second kappa shape index (κ2) is 6.90. The Morgan fingerprint density at radius 1 is 1.60 bits per heavy atom. The van der Waals surface area contributed by atoms with E-state index in [0.717, 1.165) is 35.3 Å². The summed E-state index contributed by atoms with van der Waals surface area (Å²) < 4.78 is 6.23. The molecule has 1 aromatic rings. The number of ether oxygens (including phenoxy) is 1. The molecule has 2 rings (SSSR count). The van der Waals surface area contributed by atoms with E-state index in [1.54, 1.807) is 19.3 Å². The van der Waals surface area contributed by atoms with Crippen LogP contribution in [0.1, 0.15) is 12.0 Å². The Morgan fingerprint density at radius 2 is 2.40 bits per heavy atom. The fourth-order valence-corrected chi connectivity index (χ4v) is 2.71. The van der Waals surface area contributed by atoms with Crippen molar-refractivity contribution in [2.45, 2.75) is 6.42 Å². The summed E-state index contributed by atoms with van der Waals surface area (Å²) >= 11 is 3.42. The first-order chi connectivity index (χ1) is 9.63. The molecule has 2 N–H and O–H groups in total. The number of halogens is 1. The number of amides is 1. The quantitative estimate of drug-likeness (QED) is 0.857. The molecular weight excluding hydrogens is 320 g/mol. The highest BCUT2D eigenvalue weighted by atomic mass is 79.9. The van der Waals surface area contributed by atoms with E-state index >= 15 is 0 Å². The maximum atomic E-state index is 12.1. The largest absolute Gasteiger partial charge is 0.496 e. The normalized spacial score (nSPS) is 18.8. The molecule has 0 saturated carbocycles. The highest BCUT2D eigenvalue weighted by Crippen LogP contribution is 2.24. The van der Waals surface area contributed by atoms with E-state index in [9.17, 15) is 4.79 Å². The molecule has 0 spiro atoms. The number of rotatable bonds is 4. The maximum Gasteiger partial charge on any atom is 0.246 e. The summed E-state index contributed by atoms with van der Waals surface area (Å²) in [6.45, 7) is 2.20. The fourth-order valence-electron chi connectivity index (χ4n) is 2.33. The predicted octanol–water partition coefficient (Wildman–Crippen LogP) is 2.28. The van der Waals surface area contributed by atoms with Crippen LogP contribution in [0.4, 0.5) is 0 Å². The van der Waals surface area contributed by atoms with E-state index in [-0.39, 0.29) is 5.91 Å². The highest BCUT2D eigenvalue weighted by molar-refractivity contribution is 9.10. The molecular formula is C15H19BrN2O2. The molecule has 1 heterocycles. The number of hydrogen-bond acceptors (Lipinski definition) is 3. The lowest BCUT2D eigenvalue weighted by Crippen LogP contribution is -2.28. The molecule has 1 amide bonds. The molecule has 4 nitrogen and oxygen atoms in total. The van der Waals surface area contributed by atoms with Crippen molar-refractivity contribution in [2.24, 2.45) is 11.7 Å². The van der Waals surface area contributed by atoms with Gasteiger partial charge in [-0.3, -0.25) is 4.79 Å². The van der Waals surface area contributed by atoms with E-state index in [1.165, 1.54) is 0 Å². The van der Waals surface area contributed by atoms with Gasteiger partial charge in [0.15, 0.2) is 0 Å². The molecule has 1 aliphatic heterocycles. The van der Waals surface area contributed by atoms with Crippen molar-refractivity contribution in [1.82, 2.24) is 4.90 Å². The Balaban J connectivity index is 2.06. The Kier molecular flexibility index (Phi) is 5.20. The molecule has 1 atom stereocenters. The van der Waals surface area contributed by atoms with Gasteiger partial charge in [-0.2, -0.15) is 0 Å². The summed E-state index contributed by atoms with van der Waals surface area (Å²) in [4.78, 5) is 14.0. The molecule has 0 radical (unpaired) electrons. The SMILES string of the molecule is COc1ccc(Br)cc1/C=C/C(=O)N1CCC(CN)C1. The maximum absolute atomic E-state index is 12.1. The number of methoxy groups -OCH3 is 1. The smallest absolute Gasteiger partial charge is 0.246 e. The van der Waals surface area contributed by atoms with Crippen molar-refractivity contribution >= 4 is 27.9 Å². The summed E-state index contributed by atoms with van der Waals surface area (Å²) in [5.74, 6) is 1.22. The van der Waals surface area contributed by atoms with Crippen LogP contribution in [-0.4, -0.2) is 37.6 Å². The number of benzene rings is 1. The summed E-state index contributed by atoms with van der Waals surface area (Å²) in [5, 5.41) is 0. The van der Waals surface area contributed by atoms with Crippen LogP contribution >= 0.6 is 15.9 Å². The minimum absolute atomic E-state index is 0.0305. The topological polar surface area (TPSA) is 55.6 Å². The zero-order valence-corrected chi connectivity index (χ0v) is 13.1. The van der Waals surface area contributed by atoms with Gasteiger partial charge in [0.25, 0.3) is 0 Å². The third-order valence-corrected chi connectivity index (χ3v) is 4.02. The van der Waals surface area contributed by atoms with Gasteiger partial charge in [-0.25, -0.2) is 0 Å². The van der Waals surface area contributed by atoms with E-state index < -0.39 is 0 Å². The average Bonchev–Trinajstić information content (AvgIpc) is 2.94. The number of likely N-dealkylation sites (tertiary alicyclic amines) is 1. The van der Waals surface area contributed by atoms with E-state index in [0.29, 0.717) is 12.5 Å². The highest BCUT2D eigenvalue weighted by Gasteiger charge is 2.23. The molecule has 1 fully saturated rings. The van der Waals surface area contributed by atoms with E-state index in [2.05, 4.69) is 15.9 Å².